The van der Waals surface area contributed by atoms with Crippen LogP contribution in [0.15, 0.2) is 34.8 Å². The van der Waals surface area contributed by atoms with Crippen molar-refractivity contribution in [2.24, 2.45) is 11.8 Å². The number of hydrogen-bond donors (Lipinski definition) is 3. The molecule has 4 atom stereocenters. The highest BCUT2D eigenvalue weighted by atomic mass is 16.6. The fraction of sp³-hybridized carbons (Fsp3) is 0.516. The van der Waals surface area contributed by atoms with Gasteiger partial charge >= 0.3 is 5.97 Å². The number of imide groups is 1. The molecule has 0 bridgehead atoms. The molecular formula is C31H39N3O9. The summed E-state index contributed by atoms with van der Waals surface area (Å²) >= 11 is 0. The van der Waals surface area contributed by atoms with Crippen molar-refractivity contribution < 1.29 is 43.7 Å². The van der Waals surface area contributed by atoms with Crippen LogP contribution in [0.2, 0.25) is 0 Å². The molecule has 0 aliphatic heterocycles. The molecule has 12 heteroatoms. The normalized spacial score (nSPS) is 24.7. The number of amides is 2. The minimum Gasteiger partial charge on any atom is -0.510 e. The Labute approximate surface area is 250 Å². The van der Waals surface area contributed by atoms with Crippen LogP contribution < -0.4 is 15.0 Å². The Morgan fingerprint density at radius 1 is 1.09 bits per heavy atom. The lowest BCUT2D eigenvalue weighted by atomic mass is 9.58. The summed E-state index contributed by atoms with van der Waals surface area (Å²) in [6, 6.07) is 2.48. The van der Waals surface area contributed by atoms with Gasteiger partial charge in [0.15, 0.2) is 11.5 Å². The molecule has 0 aromatic heterocycles. The fourth-order valence-corrected chi connectivity index (χ4v) is 6.67. The standard InChI is InChI=1S/C31H39N3O9/c1-8-9-12-42-21-11-10-20(33(4)5)18-13-17-14-19-25(34(6)7)27(38)24(30(41)32-15(2)35)29(40)31(19,43-16(3)36)28(39)22(17)26(37)23(18)21/h10-11,17,19,25,38-39H,8-9,12-14H2,1-7H3,(H,32,35,41)/t17-,19-,25?,31-/m0/s1. The van der Waals surface area contributed by atoms with Crippen LogP contribution in [0.3, 0.4) is 0 Å². The van der Waals surface area contributed by atoms with Crippen LogP contribution in [0.4, 0.5) is 5.69 Å². The van der Waals surface area contributed by atoms with E-state index in [9.17, 15) is 34.2 Å². The number of nitrogens with zero attached hydrogens (tertiary/aromatic N) is 2. The molecule has 3 aliphatic rings. The van der Waals surface area contributed by atoms with Crippen LogP contribution in [0.1, 0.15) is 56.0 Å². The van der Waals surface area contributed by atoms with Crippen molar-refractivity contribution in [1.29, 1.82) is 0 Å². The van der Waals surface area contributed by atoms with Gasteiger partial charge in [-0.05, 0) is 57.0 Å². The average molecular weight is 598 g/mol. The van der Waals surface area contributed by atoms with Crippen molar-refractivity contribution in [3.63, 3.8) is 0 Å². The van der Waals surface area contributed by atoms with Gasteiger partial charge in [-0.2, -0.15) is 0 Å². The third-order valence-corrected chi connectivity index (χ3v) is 8.34. The van der Waals surface area contributed by atoms with E-state index in [0.717, 1.165) is 37.9 Å². The molecule has 0 radical (unpaired) electrons. The molecule has 0 fully saturated rings. The van der Waals surface area contributed by atoms with Gasteiger partial charge in [-0.1, -0.05) is 13.3 Å². The maximum Gasteiger partial charge on any atom is 0.304 e. The smallest absolute Gasteiger partial charge is 0.304 e. The first-order valence-electron chi connectivity index (χ1n) is 14.3. The first kappa shape index (κ1) is 31.7. The number of unbranched alkanes of at least 4 members (excludes halogenated alkanes) is 1. The van der Waals surface area contributed by atoms with Gasteiger partial charge in [0.2, 0.25) is 17.3 Å². The second-order valence-corrected chi connectivity index (χ2v) is 11.7. The number of hydrogen-bond acceptors (Lipinski definition) is 11. The predicted octanol–water partition coefficient (Wildman–Crippen LogP) is 2.41. The van der Waals surface area contributed by atoms with Gasteiger partial charge in [-0.25, -0.2) is 0 Å². The second-order valence-electron chi connectivity index (χ2n) is 11.7. The molecule has 2 amide bonds. The molecular weight excluding hydrogens is 558 g/mol. The summed E-state index contributed by atoms with van der Waals surface area (Å²) in [5.74, 6) is -7.52. The summed E-state index contributed by atoms with van der Waals surface area (Å²) < 4.78 is 11.7. The SMILES string of the molecule is CCCCOc1ccc(N(C)C)c2c1C(=O)C1=C(O)[C@]3(OC(C)=O)C(=O)C(C(=O)NC(C)=O)=C(O)C(N(C)C)[C@@H]3C[C@@H]1C2. The summed E-state index contributed by atoms with van der Waals surface area (Å²) in [6.07, 6.45) is 1.98. The third-order valence-electron chi connectivity index (χ3n) is 8.34. The van der Waals surface area contributed by atoms with Crippen molar-refractivity contribution in [2.45, 2.75) is 58.1 Å². The second kappa shape index (κ2) is 11.8. The van der Waals surface area contributed by atoms with Crippen molar-refractivity contribution in [3.8, 4) is 5.75 Å². The molecule has 3 aliphatic carbocycles. The highest BCUT2D eigenvalue weighted by molar-refractivity contribution is 6.27. The van der Waals surface area contributed by atoms with Crippen LogP contribution in [-0.2, 0) is 30.3 Å². The number of likely N-dealkylation sites (N-methyl/N-ethyl adjacent to an activating group) is 1. The minimum absolute atomic E-state index is 0.0475. The quantitative estimate of drug-likeness (QED) is 0.229. The van der Waals surface area contributed by atoms with E-state index in [4.69, 9.17) is 9.47 Å². The van der Waals surface area contributed by atoms with Gasteiger partial charge in [-0.3, -0.25) is 34.2 Å². The highest BCUT2D eigenvalue weighted by Gasteiger charge is 2.66. The largest absolute Gasteiger partial charge is 0.510 e. The molecule has 1 aromatic carbocycles. The molecule has 1 unspecified atom stereocenters. The Kier molecular flexibility index (Phi) is 8.73. The lowest BCUT2D eigenvalue weighted by Crippen LogP contribution is -2.65. The van der Waals surface area contributed by atoms with Crippen LogP contribution >= 0.6 is 0 Å². The summed E-state index contributed by atoms with van der Waals surface area (Å²) in [7, 11) is 6.89. The molecule has 12 nitrogen and oxygen atoms in total. The number of aliphatic hydroxyl groups excluding tert-OH is 2. The molecule has 232 valence electrons. The molecule has 0 saturated carbocycles. The Balaban J connectivity index is 2.01. The van der Waals surface area contributed by atoms with Gasteiger partial charge in [-0.15, -0.1) is 0 Å². The lowest BCUT2D eigenvalue weighted by molar-refractivity contribution is -0.177. The van der Waals surface area contributed by atoms with E-state index in [2.05, 4.69) is 0 Å². The van der Waals surface area contributed by atoms with E-state index < -0.39 is 69.9 Å². The van der Waals surface area contributed by atoms with E-state index in [-0.39, 0.29) is 17.6 Å². The zero-order valence-electron chi connectivity index (χ0n) is 25.6. The minimum atomic E-state index is -2.50. The van der Waals surface area contributed by atoms with Gasteiger partial charge in [0, 0.05) is 45.1 Å². The number of fused-ring (bicyclic) bond motifs is 3. The number of anilines is 1. The number of ketones is 2. The molecule has 43 heavy (non-hydrogen) atoms. The first-order valence-corrected chi connectivity index (χ1v) is 14.3. The summed E-state index contributed by atoms with van der Waals surface area (Å²) in [5.41, 5.74) is -1.69. The summed E-state index contributed by atoms with van der Waals surface area (Å²) in [4.78, 5) is 69.4. The Morgan fingerprint density at radius 3 is 2.33 bits per heavy atom. The number of carbonyl (C=O) groups is 5. The molecule has 4 rings (SSSR count). The number of Topliss-reactive ketones (excluding diaryl/α,β-unsaturated/α-hetero) is 2. The van der Waals surface area contributed by atoms with Gasteiger partial charge in [0.25, 0.3) is 5.91 Å². The van der Waals surface area contributed by atoms with E-state index >= 15 is 0 Å². The van der Waals surface area contributed by atoms with E-state index in [0.29, 0.717) is 18.8 Å². The number of esters is 1. The number of allylic oxidation sites excluding steroid dienone is 1. The number of aliphatic hydroxyl groups is 2. The number of benzene rings is 1. The van der Waals surface area contributed by atoms with Crippen molar-refractivity contribution in [3.05, 3.63) is 45.9 Å². The van der Waals surface area contributed by atoms with Crippen LogP contribution in [-0.4, -0.2) is 90.9 Å². The fourth-order valence-electron chi connectivity index (χ4n) is 6.67. The number of nitrogens with one attached hydrogen (secondary N) is 1. The van der Waals surface area contributed by atoms with E-state index in [1.807, 2.05) is 37.3 Å². The van der Waals surface area contributed by atoms with Crippen molar-refractivity contribution in [2.75, 3.05) is 39.7 Å². The number of carbonyl (C=O) groups excluding carboxylic acids is 5. The number of ether oxygens (including phenoxy) is 2. The van der Waals surface area contributed by atoms with Crippen LogP contribution in [0.25, 0.3) is 0 Å². The van der Waals surface area contributed by atoms with Crippen LogP contribution in [0, 0.1) is 11.8 Å². The van der Waals surface area contributed by atoms with Crippen molar-refractivity contribution in [1.82, 2.24) is 10.2 Å². The zero-order chi connectivity index (χ0) is 32.0. The van der Waals surface area contributed by atoms with E-state index in [1.54, 1.807) is 20.2 Å². The Morgan fingerprint density at radius 2 is 1.77 bits per heavy atom. The van der Waals surface area contributed by atoms with Gasteiger partial charge in [0.05, 0.1) is 18.2 Å². The Bertz CT molecular complexity index is 1460. The Hall–Kier alpha value is -4.19. The maximum absolute atomic E-state index is 14.4. The van der Waals surface area contributed by atoms with Crippen molar-refractivity contribution >= 4 is 35.0 Å². The molecule has 1 aromatic rings. The first-order chi connectivity index (χ1) is 20.2. The highest BCUT2D eigenvalue weighted by Crippen LogP contribution is 2.54. The molecule has 3 N–H and O–H groups in total. The third kappa shape index (κ3) is 5.17. The molecule has 0 heterocycles. The summed E-state index contributed by atoms with van der Waals surface area (Å²) in [5, 5.41) is 25.3. The monoisotopic (exact) mass is 597 g/mol. The summed E-state index contributed by atoms with van der Waals surface area (Å²) in [6.45, 7) is 4.48. The zero-order valence-corrected chi connectivity index (χ0v) is 25.6. The molecule has 0 spiro atoms. The predicted molar refractivity (Wildman–Crippen MR) is 156 cm³/mol. The topological polar surface area (TPSA) is 163 Å². The lowest BCUT2D eigenvalue weighted by Gasteiger charge is -2.51. The maximum atomic E-state index is 14.4. The van der Waals surface area contributed by atoms with Gasteiger partial charge in [0.1, 0.15) is 17.1 Å². The van der Waals surface area contributed by atoms with Crippen LogP contribution in [0.5, 0.6) is 5.75 Å². The van der Waals surface area contributed by atoms with Gasteiger partial charge < -0.3 is 24.6 Å². The van der Waals surface area contributed by atoms with E-state index in [1.165, 1.54) is 4.90 Å². The molecule has 0 saturated heterocycles. The average Bonchev–Trinajstić information content (AvgIpc) is 2.89. The number of rotatable bonds is 8.